The molecule has 3 rings (SSSR count). The normalized spacial score (nSPS) is 13.9. The highest BCUT2D eigenvalue weighted by Crippen LogP contribution is 2.22. The number of rotatable bonds is 3. The van der Waals surface area contributed by atoms with E-state index in [-0.39, 0.29) is 0 Å². The Kier molecular flexibility index (Phi) is 3.72. The summed E-state index contributed by atoms with van der Waals surface area (Å²) in [5.41, 5.74) is 4.10. The minimum atomic E-state index is 0.601. The number of ether oxygens (including phenoxy) is 1. The van der Waals surface area contributed by atoms with Gasteiger partial charge >= 0.3 is 0 Å². The molecule has 0 amide bonds. The third-order valence-corrected chi connectivity index (χ3v) is 3.66. The number of hydrogen-bond donors (Lipinski definition) is 1. The molecule has 0 bridgehead atoms. The summed E-state index contributed by atoms with van der Waals surface area (Å²) in [7, 11) is 0. The smallest absolute Gasteiger partial charge is 0.121 e. The Morgan fingerprint density at radius 1 is 1.16 bits per heavy atom. The molecule has 0 atom stereocenters. The fraction of sp³-hybridized carbons (Fsp3) is 0.250. The highest BCUT2D eigenvalue weighted by Gasteiger charge is 2.12. The lowest BCUT2D eigenvalue weighted by molar-refractivity contribution is 0.304. The minimum Gasteiger partial charge on any atom is -0.489 e. The molecule has 0 aromatic heterocycles. The van der Waals surface area contributed by atoms with Gasteiger partial charge in [0.05, 0.1) is 0 Å². The number of halogens is 1. The Morgan fingerprint density at radius 2 is 2.05 bits per heavy atom. The van der Waals surface area contributed by atoms with Gasteiger partial charge in [0.15, 0.2) is 0 Å². The van der Waals surface area contributed by atoms with E-state index >= 15 is 0 Å². The molecule has 1 N–H and O–H groups in total. The lowest BCUT2D eigenvalue weighted by Gasteiger charge is -2.20. The van der Waals surface area contributed by atoms with Gasteiger partial charge in [-0.05, 0) is 47.9 Å². The van der Waals surface area contributed by atoms with Crippen LogP contribution in [0, 0.1) is 0 Å². The highest BCUT2D eigenvalue weighted by molar-refractivity contribution is 6.30. The van der Waals surface area contributed by atoms with Crippen molar-refractivity contribution in [1.82, 2.24) is 5.32 Å². The Bertz CT molecular complexity index is 583. The van der Waals surface area contributed by atoms with Crippen molar-refractivity contribution in [3.05, 3.63) is 64.2 Å². The monoisotopic (exact) mass is 273 g/mol. The molecule has 0 radical (unpaired) electrons. The summed E-state index contributed by atoms with van der Waals surface area (Å²) in [6, 6.07) is 14.0. The average molecular weight is 274 g/mol. The molecular weight excluding hydrogens is 258 g/mol. The minimum absolute atomic E-state index is 0.601. The van der Waals surface area contributed by atoms with Crippen LogP contribution in [0.15, 0.2) is 42.5 Å². The number of hydrogen-bond acceptors (Lipinski definition) is 2. The Hall–Kier alpha value is -1.51. The van der Waals surface area contributed by atoms with Gasteiger partial charge in [-0.15, -0.1) is 0 Å². The van der Waals surface area contributed by atoms with Gasteiger partial charge in [-0.25, -0.2) is 0 Å². The molecule has 1 heterocycles. The molecular formula is C16H16ClNO. The third kappa shape index (κ3) is 2.91. The van der Waals surface area contributed by atoms with Gasteiger partial charge in [0.2, 0.25) is 0 Å². The molecule has 0 fully saturated rings. The van der Waals surface area contributed by atoms with Crippen LogP contribution in [-0.4, -0.2) is 6.54 Å². The second-order valence-corrected chi connectivity index (χ2v) is 5.16. The van der Waals surface area contributed by atoms with Gasteiger partial charge in [0.1, 0.15) is 12.4 Å². The van der Waals surface area contributed by atoms with Gasteiger partial charge < -0.3 is 10.1 Å². The Balaban J connectivity index is 1.77. The van der Waals surface area contributed by atoms with Crippen LogP contribution in [0.4, 0.5) is 0 Å². The standard InChI is InChI=1S/C16H16ClNO/c17-14-5-2-6-15(9-14)19-11-13-4-1-3-12-10-18-8-7-16(12)13/h1-6,9,18H,7-8,10-11H2. The van der Waals surface area contributed by atoms with E-state index < -0.39 is 0 Å². The molecule has 98 valence electrons. The maximum atomic E-state index is 5.95. The zero-order valence-electron chi connectivity index (χ0n) is 10.7. The zero-order chi connectivity index (χ0) is 13.1. The second kappa shape index (κ2) is 5.64. The maximum absolute atomic E-state index is 5.95. The van der Waals surface area contributed by atoms with Gasteiger partial charge in [0.25, 0.3) is 0 Å². The quantitative estimate of drug-likeness (QED) is 0.923. The summed E-state index contributed by atoms with van der Waals surface area (Å²) in [5, 5.41) is 4.10. The fourth-order valence-corrected chi connectivity index (χ4v) is 2.64. The van der Waals surface area contributed by atoms with E-state index in [1.165, 1.54) is 16.7 Å². The third-order valence-electron chi connectivity index (χ3n) is 3.43. The van der Waals surface area contributed by atoms with Crippen molar-refractivity contribution in [3.63, 3.8) is 0 Å². The molecule has 1 aliphatic heterocycles. The van der Waals surface area contributed by atoms with Crippen LogP contribution in [0.1, 0.15) is 16.7 Å². The van der Waals surface area contributed by atoms with Crippen molar-refractivity contribution in [1.29, 1.82) is 0 Å². The predicted octanol–water partition coefficient (Wildman–Crippen LogP) is 3.56. The largest absolute Gasteiger partial charge is 0.489 e. The van der Waals surface area contributed by atoms with Crippen LogP contribution in [0.2, 0.25) is 5.02 Å². The maximum Gasteiger partial charge on any atom is 0.121 e. The molecule has 0 spiro atoms. The molecule has 0 saturated carbocycles. The molecule has 2 aromatic carbocycles. The summed E-state index contributed by atoms with van der Waals surface area (Å²) < 4.78 is 5.83. The van der Waals surface area contributed by atoms with Crippen LogP contribution in [0.5, 0.6) is 5.75 Å². The van der Waals surface area contributed by atoms with Gasteiger partial charge in [-0.1, -0.05) is 35.9 Å². The molecule has 0 aliphatic carbocycles. The van der Waals surface area contributed by atoms with Crippen molar-refractivity contribution < 1.29 is 4.74 Å². The molecule has 3 heteroatoms. The van der Waals surface area contributed by atoms with Crippen LogP contribution < -0.4 is 10.1 Å². The van der Waals surface area contributed by atoms with E-state index in [1.807, 2.05) is 24.3 Å². The average Bonchev–Trinajstić information content (AvgIpc) is 2.45. The van der Waals surface area contributed by atoms with Crippen molar-refractivity contribution in [2.24, 2.45) is 0 Å². The molecule has 0 saturated heterocycles. The molecule has 2 nitrogen and oxygen atoms in total. The molecule has 2 aromatic rings. The van der Waals surface area contributed by atoms with E-state index in [0.717, 1.165) is 25.3 Å². The second-order valence-electron chi connectivity index (χ2n) is 4.73. The van der Waals surface area contributed by atoms with Crippen molar-refractivity contribution in [3.8, 4) is 5.75 Å². The number of fused-ring (bicyclic) bond motifs is 1. The zero-order valence-corrected chi connectivity index (χ0v) is 11.4. The molecule has 0 unspecified atom stereocenters. The lowest BCUT2D eigenvalue weighted by atomic mass is 9.96. The van der Waals surface area contributed by atoms with Crippen molar-refractivity contribution >= 4 is 11.6 Å². The summed E-state index contributed by atoms with van der Waals surface area (Å²) >= 11 is 5.95. The van der Waals surface area contributed by atoms with Gasteiger partial charge in [-0.3, -0.25) is 0 Å². The highest BCUT2D eigenvalue weighted by atomic mass is 35.5. The first-order chi connectivity index (χ1) is 9.33. The van der Waals surface area contributed by atoms with Crippen LogP contribution in [0.25, 0.3) is 0 Å². The first-order valence-corrected chi connectivity index (χ1v) is 6.89. The fourth-order valence-electron chi connectivity index (χ4n) is 2.46. The van der Waals surface area contributed by atoms with E-state index in [0.29, 0.717) is 11.6 Å². The van der Waals surface area contributed by atoms with Gasteiger partial charge in [0, 0.05) is 11.6 Å². The molecule has 19 heavy (non-hydrogen) atoms. The van der Waals surface area contributed by atoms with E-state index in [9.17, 15) is 0 Å². The summed E-state index contributed by atoms with van der Waals surface area (Å²) in [5.74, 6) is 0.819. The van der Waals surface area contributed by atoms with E-state index in [4.69, 9.17) is 16.3 Å². The lowest BCUT2D eigenvalue weighted by Crippen LogP contribution is -2.24. The van der Waals surface area contributed by atoms with E-state index in [1.54, 1.807) is 0 Å². The Labute approximate surface area is 118 Å². The van der Waals surface area contributed by atoms with Crippen molar-refractivity contribution in [2.45, 2.75) is 19.6 Å². The predicted molar refractivity (Wildman–Crippen MR) is 77.6 cm³/mol. The first-order valence-electron chi connectivity index (χ1n) is 6.51. The van der Waals surface area contributed by atoms with E-state index in [2.05, 4.69) is 23.5 Å². The topological polar surface area (TPSA) is 21.3 Å². The summed E-state index contributed by atoms with van der Waals surface area (Å²) in [4.78, 5) is 0. The van der Waals surface area contributed by atoms with Gasteiger partial charge in [-0.2, -0.15) is 0 Å². The number of benzene rings is 2. The van der Waals surface area contributed by atoms with Crippen molar-refractivity contribution in [2.75, 3.05) is 6.54 Å². The first kappa shape index (κ1) is 12.5. The Morgan fingerprint density at radius 3 is 2.95 bits per heavy atom. The summed E-state index contributed by atoms with van der Waals surface area (Å²) in [6.45, 7) is 2.60. The SMILES string of the molecule is Clc1cccc(OCc2cccc3c2CCNC3)c1. The van der Waals surface area contributed by atoms with Crippen LogP contribution in [-0.2, 0) is 19.6 Å². The van der Waals surface area contributed by atoms with Crippen LogP contribution >= 0.6 is 11.6 Å². The molecule has 1 aliphatic rings. The summed E-state index contributed by atoms with van der Waals surface area (Å²) in [6.07, 6.45) is 1.07. The number of nitrogens with one attached hydrogen (secondary N) is 1. The van der Waals surface area contributed by atoms with Crippen LogP contribution in [0.3, 0.4) is 0 Å².